The summed E-state index contributed by atoms with van der Waals surface area (Å²) in [7, 11) is 0. The van der Waals surface area contributed by atoms with Crippen LogP contribution in [0.4, 0.5) is 11.6 Å². The molecule has 0 unspecified atom stereocenters. The molecular weight excluding hydrogens is 280 g/mol. The molecule has 0 bridgehead atoms. The standard InChI is InChI=1S/C12H13BrN4/c1-8-9(3-2-4-11(8)14)5-15-12-16-6-10(13)7-17-12/h2-4,6-7H,5,14H2,1H3,(H,15,16,17). The Morgan fingerprint density at radius 2 is 2.00 bits per heavy atom. The molecular formula is C12H13BrN4. The second-order valence-electron chi connectivity index (χ2n) is 3.71. The topological polar surface area (TPSA) is 63.8 Å². The van der Waals surface area contributed by atoms with Crippen LogP contribution in [0.1, 0.15) is 11.1 Å². The van der Waals surface area contributed by atoms with Crippen LogP contribution in [0.3, 0.4) is 0 Å². The Labute approximate surface area is 108 Å². The predicted molar refractivity (Wildman–Crippen MR) is 72.7 cm³/mol. The Balaban J connectivity index is 2.07. The summed E-state index contributed by atoms with van der Waals surface area (Å²) in [5, 5.41) is 3.16. The molecule has 4 nitrogen and oxygen atoms in total. The Morgan fingerprint density at radius 1 is 1.29 bits per heavy atom. The molecule has 5 heteroatoms. The molecule has 1 aromatic heterocycles. The number of halogens is 1. The fourth-order valence-electron chi connectivity index (χ4n) is 1.47. The minimum atomic E-state index is 0.607. The maximum absolute atomic E-state index is 5.84. The van der Waals surface area contributed by atoms with Gasteiger partial charge < -0.3 is 11.1 Å². The molecule has 2 rings (SSSR count). The Morgan fingerprint density at radius 3 is 2.71 bits per heavy atom. The molecule has 1 aromatic carbocycles. The summed E-state index contributed by atoms with van der Waals surface area (Å²) in [6.07, 6.45) is 3.42. The molecule has 0 aliphatic heterocycles. The number of anilines is 2. The van der Waals surface area contributed by atoms with Crippen molar-refractivity contribution in [1.29, 1.82) is 0 Å². The number of aromatic nitrogens is 2. The van der Waals surface area contributed by atoms with Gasteiger partial charge in [0, 0.05) is 24.6 Å². The minimum absolute atomic E-state index is 0.607. The number of benzene rings is 1. The van der Waals surface area contributed by atoms with Crippen LogP contribution in [0.15, 0.2) is 35.1 Å². The third-order valence-electron chi connectivity index (χ3n) is 2.55. The van der Waals surface area contributed by atoms with Crippen molar-refractivity contribution in [2.45, 2.75) is 13.5 Å². The number of hydrogen-bond acceptors (Lipinski definition) is 4. The van der Waals surface area contributed by atoms with Crippen molar-refractivity contribution in [3.05, 3.63) is 46.2 Å². The van der Waals surface area contributed by atoms with E-state index in [0.29, 0.717) is 12.5 Å². The molecule has 0 fully saturated rings. The van der Waals surface area contributed by atoms with Gasteiger partial charge in [0.2, 0.25) is 5.95 Å². The molecule has 0 saturated carbocycles. The number of nitrogens with one attached hydrogen (secondary N) is 1. The summed E-state index contributed by atoms with van der Waals surface area (Å²) >= 11 is 3.29. The van der Waals surface area contributed by atoms with Crippen molar-refractivity contribution in [3.63, 3.8) is 0 Å². The van der Waals surface area contributed by atoms with Gasteiger partial charge in [-0.25, -0.2) is 9.97 Å². The first kappa shape index (κ1) is 11.9. The van der Waals surface area contributed by atoms with Gasteiger partial charge in [0.05, 0.1) is 4.47 Å². The van der Waals surface area contributed by atoms with Crippen LogP contribution in [0.2, 0.25) is 0 Å². The number of nitrogens with zero attached hydrogens (tertiary/aromatic N) is 2. The lowest BCUT2D eigenvalue weighted by atomic mass is 10.1. The monoisotopic (exact) mass is 292 g/mol. The summed E-state index contributed by atoms with van der Waals surface area (Å²) in [6, 6.07) is 5.88. The SMILES string of the molecule is Cc1c(N)cccc1CNc1ncc(Br)cn1. The zero-order valence-corrected chi connectivity index (χ0v) is 11.0. The first-order chi connectivity index (χ1) is 8.16. The predicted octanol–water partition coefficient (Wildman–Crippen LogP) is 2.74. The Bertz CT molecular complexity index is 510. The van der Waals surface area contributed by atoms with Crippen molar-refractivity contribution < 1.29 is 0 Å². The lowest BCUT2D eigenvalue weighted by Gasteiger charge is -2.09. The van der Waals surface area contributed by atoms with Gasteiger partial charge >= 0.3 is 0 Å². The lowest BCUT2D eigenvalue weighted by molar-refractivity contribution is 1.04. The zero-order valence-electron chi connectivity index (χ0n) is 9.44. The van der Waals surface area contributed by atoms with Crippen LogP contribution in [-0.4, -0.2) is 9.97 Å². The number of rotatable bonds is 3. The van der Waals surface area contributed by atoms with Crippen molar-refractivity contribution in [2.24, 2.45) is 0 Å². The first-order valence-corrected chi connectivity index (χ1v) is 6.01. The summed E-state index contributed by atoms with van der Waals surface area (Å²) in [5.41, 5.74) is 8.89. The number of hydrogen-bond donors (Lipinski definition) is 2. The highest BCUT2D eigenvalue weighted by molar-refractivity contribution is 9.10. The van der Waals surface area contributed by atoms with Gasteiger partial charge in [0.25, 0.3) is 0 Å². The van der Waals surface area contributed by atoms with Gasteiger partial charge in [0.1, 0.15) is 0 Å². The minimum Gasteiger partial charge on any atom is -0.399 e. The molecule has 0 aliphatic rings. The Hall–Kier alpha value is -1.62. The van der Waals surface area contributed by atoms with Crippen LogP contribution in [-0.2, 0) is 6.54 Å². The third-order valence-corrected chi connectivity index (χ3v) is 2.95. The fourth-order valence-corrected chi connectivity index (χ4v) is 1.68. The maximum Gasteiger partial charge on any atom is 0.222 e. The van der Waals surface area contributed by atoms with Crippen LogP contribution in [0, 0.1) is 6.92 Å². The number of nitrogen functional groups attached to an aromatic ring is 1. The fraction of sp³-hybridized carbons (Fsp3) is 0.167. The van der Waals surface area contributed by atoms with E-state index >= 15 is 0 Å². The highest BCUT2D eigenvalue weighted by atomic mass is 79.9. The summed E-state index contributed by atoms with van der Waals surface area (Å²) in [6.45, 7) is 2.67. The second kappa shape index (κ2) is 5.14. The van der Waals surface area contributed by atoms with Gasteiger partial charge in [-0.15, -0.1) is 0 Å². The molecule has 0 aliphatic carbocycles. The average molecular weight is 293 g/mol. The van der Waals surface area contributed by atoms with Gasteiger partial charge in [-0.05, 0) is 40.0 Å². The molecule has 0 atom stereocenters. The third kappa shape index (κ3) is 2.94. The molecule has 88 valence electrons. The molecule has 0 spiro atoms. The van der Waals surface area contributed by atoms with Crippen molar-refractivity contribution in [3.8, 4) is 0 Å². The Kier molecular flexibility index (Phi) is 3.58. The van der Waals surface area contributed by atoms with Crippen LogP contribution in [0.5, 0.6) is 0 Å². The van der Waals surface area contributed by atoms with Crippen LogP contribution in [0.25, 0.3) is 0 Å². The smallest absolute Gasteiger partial charge is 0.222 e. The molecule has 2 aromatic rings. The molecule has 17 heavy (non-hydrogen) atoms. The lowest BCUT2D eigenvalue weighted by Crippen LogP contribution is -2.05. The summed E-state index contributed by atoms with van der Waals surface area (Å²) in [5.74, 6) is 0.607. The highest BCUT2D eigenvalue weighted by Gasteiger charge is 2.02. The van der Waals surface area contributed by atoms with E-state index in [1.165, 1.54) is 0 Å². The quantitative estimate of drug-likeness (QED) is 0.854. The van der Waals surface area contributed by atoms with E-state index < -0.39 is 0 Å². The normalized spacial score (nSPS) is 10.2. The van der Waals surface area contributed by atoms with Gasteiger partial charge in [-0.2, -0.15) is 0 Å². The van der Waals surface area contributed by atoms with E-state index in [9.17, 15) is 0 Å². The van der Waals surface area contributed by atoms with E-state index in [-0.39, 0.29) is 0 Å². The number of nitrogens with two attached hydrogens (primary N) is 1. The average Bonchev–Trinajstić information content (AvgIpc) is 2.33. The molecule has 3 N–H and O–H groups in total. The van der Waals surface area contributed by atoms with E-state index in [1.807, 2.05) is 25.1 Å². The molecule has 1 heterocycles. The van der Waals surface area contributed by atoms with Gasteiger partial charge in [-0.1, -0.05) is 12.1 Å². The maximum atomic E-state index is 5.84. The molecule has 0 amide bonds. The first-order valence-electron chi connectivity index (χ1n) is 5.22. The van der Waals surface area contributed by atoms with Crippen LogP contribution < -0.4 is 11.1 Å². The van der Waals surface area contributed by atoms with Crippen LogP contribution >= 0.6 is 15.9 Å². The van der Waals surface area contributed by atoms with Crippen molar-refractivity contribution in [2.75, 3.05) is 11.1 Å². The summed E-state index contributed by atoms with van der Waals surface area (Å²) in [4.78, 5) is 8.29. The second-order valence-corrected chi connectivity index (χ2v) is 4.63. The molecule has 0 radical (unpaired) electrons. The van der Waals surface area contributed by atoms with Crippen molar-refractivity contribution >= 4 is 27.6 Å². The van der Waals surface area contributed by atoms with Gasteiger partial charge in [-0.3, -0.25) is 0 Å². The zero-order chi connectivity index (χ0) is 12.3. The molecule has 0 saturated heterocycles. The van der Waals surface area contributed by atoms with Gasteiger partial charge in [0.15, 0.2) is 0 Å². The highest BCUT2D eigenvalue weighted by Crippen LogP contribution is 2.16. The van der Waals surface area contributed by atoms with E-state index in [2.05, 4.69) is 31.2 Å². The van der Waals surface area contributed by atoms with E-state index in [0.717, 1.165) is 21.3 Å². The largest absolute Gasteiger partial charge is 0.399 e. The van der Waals surface area contributed by atoms with E-state index in [4.69, 9.17) is 5.73 Å². The van der Waals surface area contributed by atoms with E-state index in [1.54, 1.807) is 12.4 Å². The van der Waals surface area contributed by atoms with Crippen molar-refractivity contribution in [1.82, 2.24) is 9.97 Å². The summed E-state index contributed by atoms with van der Waals surface area (Å²) < 4.78 is 0.864.